The lowest BCUT2D eigenvalue weighted by atomic mass is 10.2. The van der Waals surface area contributed by atoms with Crippen LogP contribution < -0.4 is 14.8 Å². The summed E-state index contributed by atoms with van der Waals surface area (Å²) in [7, 11) is 1.48. The summed E-state index contributed by atoms with van der Waals surface area (Å²) in [5, 5.41) is 3.47. The summed E-state index contributed by atoms with van der Waals surface area (Å²) in [6, 6.07) is 16.9. The van der Waals surface area contributed by atoms with Gasteiger partial charge in [-0.3, -0.25) is 19.3 Å². The van der Waals surface area contributed by atoms with E-state index in [0.29, 0.717) is 37.8 Å². The van der Waals surface area contributed by atoms with Crippen LogP contribution in [-0.2, 0) is 16.2 Å². The van der Waals surface area contributed by atoms with Gasteiger partial charge in [-0.05, 0) is 65.9 Å². The molecule has 37 heavy (non-hydrogen) atoms. The molecule has 3 aromatic carbocycles. The van der Waals surface area contributed by atoms with Crippen molar-refractivity contribution >= 4 is 75.4 Å². The summed E-state index contributed by atoms with van der Waals surface area (Å²) in [4.78, 5) is 38.7. The Bertz CT molecular complexity index is 1400. The lowest BCUT2D eigenvalue weighted by Gasteiger charge is -2.13. The minimum Gasteiger partial charge on any atom is -0.495 e. The molecule has 0 saturated carbocycles. The van der Waals surface area contributed by atoms with Crippen molar-refractivity contribution < 1.29 is 23.9 Å². The Hall–Kier alpha value is -3.17. The van der Waals surface area contributed by atoms with Gasteiger partial charge in [0.15, 0.2) is 0 Å². The first-order valence-corrected chi connectivity index (χ1v) is 12.7. The number of hydrogen-bond acceptors (Lipinski definition) is 6. The quantitative estimate of drug-likeness (QED) is 0.293. The third-order valence-electron chi connectivity index (χ3n) is 5.20. The van der Waals surface area contributed by atoms with Crippen molar-refractivity contribution in [2.75, 3.05) is 19.0 Å². The number of hydrogen-bond donors (Lipinski definition) is 1. The third-order valence-corrected chi connectivity index (χ3v) is 6.99. The molecule has 0 radical (unpaired) electrons. The topological polar surface area (TPSA) is 84.9 Å². The molecule has 0 aliphatic carbocycles. The van der Waals surface area contributed by atoms with E-state index in [4.69, 9.17) is 44.3 Å². The molecule has 1 N–H and O–H groups in total. The summed E-state index contributed by atoms with van der Waals surface area (Å²) >= 11 is 18.9. The smallest absolute Gasteiger partial charge is 0.294 e. The van der Waals surface area contributed by atoms with Gasteiger partial charge in [-0.15, -0.1) is 0 Å². The van der Waals surface area contributed by atoms with E-state index >= 15 is 0 Å². The highest BCUT2D eigenvalue weighted by molar-refractivity contribution is 8.18. The van der Waals surface area contributed by atoms with Gasteiger partial charge in [0.25, 0.3) is 11.1 Å². The standard InChI is InChI=1S/C26H19Cl3N2O5S/c1-35-22-9-6-18(12-21(22)29)30-24(32)13-31-25(33)23(37-26(31)34)10-15-2-7-19(8-3-15)36-14-16-4-5-17(27)11-20(16)28/h2-12H,13-14H2,1H3,(H,30,32)/b23-10+. The first-order chi connectivity index (χ1) is 17.7. The van der Waals surface area contributed by atoms with Gasteiger partial charge in [-0.25, -0.2) is 0 Å². The maximum absolute atomic E-state index is 12.8. The summed E-state index contributed by atoms with van der Waals surface area (Å²) in [5.41, 5.74) is 1.90. The van der Waals surface area contributed by atoms with E-state index in [1.165, 1.54) is 13.2 Å². The summed E-state index contributed by atoms with van der Waals surface area (Å²) in [6.07, 6.45) is 1.59. The molecule has 0 unspecified atom stereocenters. The molecule has 1 heterocycles. The Morgan fingerprint density at radius 3 is 2.43 bits per heavy atom. The molecule has 0 atom stereocenters. The number of thioether (sulfide) groups is 1. The Morgan fingerprint density at radius 1 is 1.00 bits per heavy atom. The number of ether oxygens (including phenoxy) is 2. The third kappa shape index (κ3) is 6.78. The Labute approximate surface area is 232 Å². The fourth-order valence-corrected chi connectivity index (χ4v) is 4.90. The highest BCUT2D eigenvalue weighted by Crippen LogP contribution is 2.33. The summed E-state index contributed by atoms with van der Waals surface area (Å²) in [6.45, 7) is -0.162. The number of nitrogens with zero attached hydrogens (tertiary/aromatic N) is 1. The van der Waals surface area contributed by atoms with Gasteiger partial charge in [0.2, 0.25) is 5.91 Å². The molecular formula is C26H19Cl3N2O5S. The highest BCUT2D eigenvalue weighted by Gasteiger charge is 2.36. The second kappa shape index (κ2) is 11.9. The van der Waals surface area contributed by atoms with Gasteiger partial charge in [0.05, 0.1) is 17.0 Å². The molecule has 1 saturated heterocycles. The molecule has 3 amide bonds. The zero-order valence-corrected chi connectivity index (χ0v) is 22.4. The number of halogens is 3. The van der Waals surface area contributed by atoms with Crippen LogP contribution in [0.25, 0.3) is 6.08 Å². The number of carbonyl (C=O) groups is 3. The molecule has 1 aliphatic heterocycles. The fraction of sp³-hybridized carbons (Fsp3) is 0.115. The molecule has 0 spiro atoms. The molecule has 1 fully saturated rings. The number of carbonyl (C=O) groups excluding carboxylic acids is 3. The Morgan fingerprint density at radius 2 is 1.76 bits per heavy atom. The number of rotatable bonds is 8. The van der Waals surface area contributed by atoms with Crippen molar-refractivity contribution in [2.24, 2.45) is 0 Å². The van der Waals surface area contributed by atoms with Crippen molar-refractivity contribution in [1.29, 1.82) is 0 Å². The second-order valence-electron chi connectivity index (χ2n) is 7.76. The molecule has 0 bridgehead atoms. The molecule has 7 nitrogen and oxygen atoms in total. The second-order valence-corrected chi connectivity index (χ2v) is 10.0. The SMILES string of the molecule is COc1ccc(NC(=O)CN2C(=O)S/C(=C/c3ccc(OCc4ccc(Cl)cc4Cl)cc3)C2=O)cc1Cl. The van der Waals surface area contributed by atoms with E-state index in [9.17, 15) is 14.4 Å². The number of benzene rings is 3. The molecule has 190 valence electrons. The normalized spacial score (nSPS) is 14.3. The van der Waals surface area contributed by atoms with Crippen LogP contribution in [0.15, 0.2) is 65.6 Å². The molecule has 1 aliphatic rings. The van der Waals surface area contributed by atoms with Crippen molar-refractivity contribution in [3.63, 3.8) is 0 Å². The monoisotopic (exact) mass is 576 g/mol. The predicted molar refractivity (Wildman–Crippen MR) is 147 cm³/mol. The molecule has 4 rings (SSSR count). The first kappa shape index (κ1) is 26.9. The van der Waals surface area contributed by atoms with Crippen LogP contribution in [0.3, 0.4) is 0 Å². The number of methoxy groups -OCH3 is 1. The minimum absolute atomic E-state index is 0.215. The largest absolute Gasteiger partial charge is 0.495 e. The van der Waals surface area contributed by atoms with Crippen LogP contribution in [-0.4, -0.2) is 35.6 Å². The van der Waals surface area contributed by atoms with Gasteiger partial charge in [-0.1, -0.05) is 53.0 Å². The van der Waals surface area contributed by atoms with Crippen LogP contribution in [0, 0.1) is 0 Å². The van der Waals surface area contributed by atoms with Crippen molar-refractivity contribution in [3.05, 3.63) is 91.8 Å². The minimum atomic E-state index is -0.546. The molecular weight excluding hydrogens is 559 g/mol. The van der Waals surface area contributed by atoms with Crippen LogP contribution in [0.2, 0.25) is 15.1 Å². The molecule has 11 heteroatoms. The van der Waals surface area contributed by atoms with Gasteiger partial charge >= 0.3 is 0 Å². The maximum atomic E-state index is 12.8. The zero-order valence-electron chi connectivity index (χ0n) is 19.3. The van der Waals surface area contributed by atoms with E-state index in [2.05, 4.69) is 5.32 Å². The van der Waals surface area contributed by atoms with E-state index in [1.807, 2.05) is 0 Å². The van der Waals surface area contributed by atoms with Crippen molar-refractivity contribution in [2.45, 2.75) is 6.61 Å². The average Bonchev–Trinajstić information content (AvgIpc) is 3.11. The van der Waals surface area contributed by atoms with E-state index < -0.39 is 23.6 Å². The van der Waals surface area contributed by atoms with Crippen LogP contribution in [0.1, 0.15) is 11.1 Å². The van der Waals surface area contributed by atoms with Crippen LogP contribution in [0.4, 0.5) is 10.5 Å². The summed E-state index contributed by atoms with van der Waals surface area (Å²) in [5.74, 6) is -0.0180. The predicted octanol–water partition coefficient (Wildman–Crippen LogP) is 6.91. The Balaban J connectivity index is 1.35. The first-order valence-electron chi connectivity index (χ1n) is 10.8. The number of anilines is 1. The number of nitrogens with one attached hydrogen (secondary N) is 1. The van der Waals surface area contributed by atoms with E-state index in [1.54, 1.807) is 60.7 Å². The van der Waals surface area contributed by atoms with Crippen molar-refractivity contribution in [1.82, 2.24) is 4.90 Å². The number of imide groups is 1. The lowest BCUT2D eigenvalue weighted by molar-refractivity contribution is -0.127. The van der Waals surface area contributed by atoms with Gasteiger partial charge < -0.3 is 14.8 Å². The van der Waals surface area contributed by atoms with Crippen molar-refractivity contribution in [3.8, 4) is 11.5 Å². The van der Waals surface area contributed by atoms with Gasteiger partial charge in [0, 0.05) is 21.3 Å². The molecule has 3 aromatic rings. The van der Waals surface area contributed by atoms with Crippen LogP contribution >= 0.6 is 46.6 Å². The number of amides is 3. The van der Waals surface area contributed by atoms with E-state index in [-0.39, 0.29) is 11.5 Å². The van der Waals surface area contributed by atoms with Gasteiger partial charge in [-0.2, -0.15) is 0 Å². The van der Waals surface area contributed by atoms with Gasteiger partial charge in [0.1, 0.15) is 24.7 Å². The van der Waals surface area contributed by atoms with E-state index in [0.717, 1.165) is 22.2 Å². The zero-order chi connectivity index (χ0) is 26.5. The Kier molecular flexibility index (Phi) is 8.66. The highest BCUT2D eigenvalue weighted by atomic mass is 35.5. The molecule has 0 aromatic heterocycles. The average molecular weight is 578 g/mol. The fourth-order valence-electron chi connectivity index (χ4n) is 3.34. The lowest BCUT2D eigenvalue weighted by Crippen LogP contribution is -2.36. The maximum Gasteiger partial charge on any atom is 0.294 e. The summed E-state index contributed by atoms with van der Waals surface area (Å²) < 4.78 is 10.8. The van der Waals surface area contributed by atoms with Crippen LogP contribution in [0.5, 0.6) is 11.5 Å².